The predicted octanol–water partition coefficient (Wildman–Crippen LogP) is 8.52. The number of nitrogens with zero attached hydrogens (tertiary/aromatic N) is 3. The minimum Gasteiger partial charge on any atom is -0.475 e. The molecule has 0 spiro atoms. The summed E-state index contributed by atoms with van der Waals surface area (Å²) in [6, 6.07) is 0. The van der Waals surface area contributed by atoms with Gasteiger partial charge in [-0.05, 0) is 110 Å². The van der Waals surface area contributed by atoms with Crippen LogP contribution in [0.3, 0.4) is 0 Å². The predicted molar refractivity (Wildman–Crippen MR) is 189 cm³/mol. The summed E-state index contributed by atoms with van der Waals surface area (Å²) in [5.41, 5.74) is 4.09. The minimum atomic E-state index is -1.10. The fourth-order valence-corrected chi connectivity index (χ4v) is 13.3. The summed E-state index contributed by atoms with van der Waals surface area (Å²) in [4.78, 5) is 0. The van der Waals surface area contributed by atoms with Gasteiger partial charge >= 0.3 is 7.32 Å². The van der Waals surface area contributed by atoms with Gasteiger partial charge in [-0.25, -0.2) is 15.3 Å². The molecule has 0 aliphatic heterocycles. The van der Waals surface area contributed by atoms with Crippen molar-refractivity contribution >= 4 is 7.32 Å². The Morgan fingerprint density at radius 2 is 0.796 bits per heavy atom. The van der Waals surface area contributed by atoms with E-state index in [9.17, 15) is 0 Å². The Morgan fingerprint density at radius 1 is 0.510 bits per heavy atom. The molecule has 3 N–H and O–H groups in total. The third-order valence-corrected chi connectivity index (χ3v) is 17.1. The smallest absolute Gasteiger partial charge is 0.475 e. The number of hydrogen-bond acceptors (Lipinski definition) is 6. The van der Waals surface area contributed by atoms with Gasteiger partial charge in [0.2, 0.25) is 0 Å². The zero-order chi connectivity index (χ0) is 34.4. The van der Waals surface area contributed by atoms with Crippen molar-refractivity contribution in [2.24, 2.45) is 51.8 Å². The highest BCUT2D eigenvalue weighted by molar-refractivity contribution is 6.39. The maximum absolute atomic E-state index is 6.83. The van der Waals surface area contributed by atoms with Crippen LogP contribution in [0.4, 0.5) is 0 Å². The maximum atomic E-state index is 6.83. The fraction of sp³-hybridized carbons (Fsp3) is 0.769. The molecule has 0 saturated heterocycles. The van der Waals surface area contributed by atoms with Crippen LogP contribution in [-0.4, -0.2) is 37.9 Å². The van der Waals surface area contributed by atoms with Crippen molar-refractivity contribution in [3.05, 3.63) is 35.3 Å². The third-order valence-electron chi connectivity index (χ3n) is 17.1. The lowest BCUT2D eigenvalue weighted by molar-refractivity contribution is -0.116. The Labute approximate surface area is 292 Å². The van der Waals surface area contributed by atoms with E-state index in [0.29, 0.717) is 51.6 Å². The summed E-state index contributed by atoms with van der Waals surface area (Å²) in [7, 11) is -1.10. The Kier molecular flexibility index (Phi) is 6.61. The molecule has 9 aliphatic carbocycles. The molecule has 9 nitrogen and oxygen atoms in total. The third kappa shape index (κ3) is 4.21. The Hall–Kier alpha value is -2.91. The lowest BCUT2D eigenvalue weighted by atomic mass is 9.40. The summed E-state index contributed by atoms with van der Waals surface area (Å²) in [6.45, 7) is 21.8. The van der Waals surface area contributed by atoms with Crippen LogP contribution in [0.5, 0.6) is 17.6 Å². The van der Waals surface area contributed by atoms with Gasteiger partial charge in [-0.3, -0.25) is 0 Å². The van der Waals surface area contributed by atoms with Crippen LogP contribution in [0.2, 0.25) is 0 Å². The SMILES string of the molecule is CC1(c2cn[nH]c2OB(Oc2[nH]ncc2C2(C)CCC3CC2C3(C)C)Oc2[nH]ncc2C2(C)CCC3CC2C3(C)C)CCC2CC1C2(C)C. The number of nitrogens with one attached hydrogen (secondary N) is 3. The molecule has 10 heteroatoms. The van der Waals surface area contributed by atoms with Gasteiger partial charge in [0.05, 0.1) is 18.6 Å². The quantitative estimate of drug-likeness (QED) is 0.197. The van der Waals surface area contributed by atoms with Crippen LogP contribution in [0.15, 0.2) is 18.6 Å². The van der Waals surface area contributed by atoms with Gasteiger partial charge in [-0.2, -0.15) is 15.3 Å². The van der Waals surface area contributed by atoms with E-state index >= 15 is 0 Å². The highest BCUT2D eigenvalue weighted by Gasteiger charge is 2.63. The zero-order valence-electron chi connectivity index (χ0n) is 31.2. The molecule has 0 amide bonds. The van der Waals surface area contributed by atoms with Gasteiger partial charge in [-0.15, -0.1) is 0 Å². The number of H-pyrrole nitrogens is 3. The summed E-state index contributed by atoms with van der Waals surface area (Å²) in [6.07, 6.45) is 16.7. The molecule has 3 aromatic rings. The van der Waals surface area contributed by atoms with Crippen molar-refractivity contribution in [2.45, 2.75) is 136 Å². The van der Waals surface area contributed by atoms with Gasteiger partial charge in [0.1, 0.15) is 0 Å². The van der Waals surface area contributed by atoms with Crippen molar-refractivity contribution in [1.29, 1.82) is 0 Å². The van der Waals surface area contributed by atoms with Crippen molar-refractivity contribution in [3.8, 4) is 17.6 Å². The average molecular weight is 669 g/mol. The van der Waals surface area contributed by atoms with Crippen LogP contribution < -0.4 is 14.0 Å². The molecule has 0 aromatic carbocycles. The first-order chi connectivity index (χ1) is 23.1. The lowest BCUT2D eigenvalue weighted by Crippen LogP contribution is -2.59. The average Bonchev–Trinajstić information content (AvgIpc) is 3.83. The van der Waals surface area contributed by atoms with Gasteiger partial charge in [0, 0.05) is 32.9 Å². The van der Waals surface area contributed by atoms with Crippen LogP contribution in [0.25, 0.3) is 0 Å². The molecule has 9 aliphatic rings. The first kappa shape index (κ1) is 32.0. The summed E-state index contributed by atoms with van der Waals surface area (Å²) < 4.78 is 20.5. The molecular formula is C39H57BN6O3. The van der Waals surface area contributed by atoms with Gasteiger partial charge < -0.3 is 14.0 Å². The van der Waals surface area contributed by atoms with E-state index < -0.39 is 7.32 Å². The molecule has 3 heterocycles. The second-order valence-electron chi connectivity index (χ2n) is 19.8. The second kappa shape index (κ2) is 10.1. The van der Waals surface area contributed by atoms with Gasteiger partial charge in [0.15, 0.2) is 17.6 Å². The molecular weight excluding hydrogens is 611 g/mol. The Bertz CT molecular complexity index is 1550. The molecule has 9 atom stereocenters. The molecule has 12 rings (SSSR count). The molecule has 0 radical (unpaired) electrons. The molecule has 6 bridgehead atoms. The van der Waals surface area contributed by atoms with Crippen molar-refractivity contribution in [1.82, 2.24) is 30.6 Å². The minimum absolute atomic E-state index is 0.0483. The van der Waals surface area contributed by atoms with E-state index in [4.69, 9.17) is 14.0 Å². The fourth-order valence-electron chi connectivity index (χ4n) is 13.3. The van der Waals surface area contributed by atoms with E-state index in [2.05, 4.69) is 92.9 Å². The maximum Gasteiger partial charge on any atom is 0.867 e. The molecule has 9 saturated carbocycles. The molecule has 3 aromatic heterocycles. The lowest BCUT2D eigenvalue weighted by Gasteiger charge is -2.64. The molecule has 49 heavy (non-hydrogen) atoms. The zero-order valence-corrected chi connectivity index (χ0v) is 31.2. The summed E-state index contributed by atoms with van der Waals surface area (Å²) in [5, 5.41) is 23.3. The number of aromatic nitrogens is 6. The number of fused-ring (bicyclic) bond motifs is 6. The first-order valence-corrected chi connectivity index (χ1v) is 19.2. The summed E-state index contributed by atoms with van der Waals surface area (Å²) >= 11 is 0. The topological polar surface area (TPSA) is 114 Å². The van der Waals surface area contributed by atoms with E-state index in [1.54, 1.807) is 0 Å². The van der Waals surface area contributed by atoms with Crippen LogP contribution in [0, 0.1) is 51.8 Å². The normalized spacial score (nSPS) is 40.3. The number of rotatable bonds is 9. The van der Waals surface area contributed by atoms with Crippen molar-refractivity contribution in [2.75, 3.05) is 0 Å². The Balaban J connectivity index is 1.06. The number of aromatic amines is 3. The molecule has 9 unspecified atom stereocenters. The van der Waals surface area contributed by atoms with Crippen LogP contribution in [0.1, 0.15) is 137 Å². The highest BCUT2D eigenvalue weighted by Crippen LogP contribution is 2.69. The largest absolute Gasteiger partial charge is 0.867 e. The first-order valence-electron chi connectivity index (χ1n) is 19.2. The standard InChI is InChI=1S/C39H57BN6O3/c1-34(2)22-10-13-37(7,28(34)16-22)25-19-41-44-31(25)47-40(48-32-26(20-42-45-32)38(8)14-11-23-17-29(38)35(23,3)4)49-33-27(21-43-46-33)39(9)15-12-24-18-30(39)36(24,5)6/h19-24,28-30H,10-18H2,1-9H3,(H,41,44)(H,42,45)(H,43,46). The van der Waals surface area contributed by atoms with Crippen molar-refractivity contribution < 1.29 is 14.0 Å². The van der Waals surface area contributed by atoms with Crippen molar-refractivity contribution in [3.63, 3.8) is 0 Å². The van der Waals surface area contributed by atoms with Gasteiger partial charge in [-0.1, -0.05) is 62.3 Å². The molecule has 9 fully saturated rings. The monoisotopic (exact) mass is 668 g/mol. The van der Waals surface area contributed by atoms with E-state index in [1.807, 2.05) is 18.6 Å². The highest BCUT2D eigenvalue weighted by atomic mass is 16.7. The number of hydrogen-bond donors (Lipinski definition) is 3. The van der Waals surface area contributed by atoms with E-state index in [0.717, 1.165) is 53.7 Å². The summed E-state index contributed by atoms with van der Waals surface area (Å²) in [5.74, 6) is 5.96. The van der Waals surface area contributed by atoms with Gasteiger partial charge in [0.25, 0.3) is 0 Å². The molecule has 264 valence electrons. The Morgan fingerprint density at radius 3 is 1.04 bits per heavy atom. The van der Waals surface area contributed by atoms with E-state index in [-0.39, 0.29) is 16.2 Å². The second-order valence-corrected chi connectivity index (χ2v) is 19.8. The van der Waals surface area contributed by atoms with Crippen LogP contribution in [-0.2, 0) is 16.2 Å². The van der Waals surface area contributed by atoms with E-state index in [1.165, 1.54) is 38.5 Å². The van der Waals surface area contributed by atoms with Crippen LogP contribution >= 0.6 is 0 Å².